The lowest BCUT2D eigenvalue weighted by molar-refractivity contribution is -0.147. The molecule has 1 aliphatic carbocycles. The Bertz CT molecular complexity index is 1600. The SMILES string of the molecule is C[C@@H](c1cnn(C2CCN(C(=O)C3(C)CCC3)CC2)c1)c1ccc2c3c(cccc13)C(=O)N2C1CCC(=O)NC1=O. The van der Waals surface area contributed by atoms with Gasteiger partial charge in [-0.1, -0.05) is 38.5 Å². The zero-order valence-corrected chi connectivity index (χ0v) is 23.6. The molecule has 1 aromatic heterocycles. The third-order valence-electron chi connectivity index (χ3n) is 9.97. The first-order chi connectivity index (χ1) is 19.7. The zero-order valence-electron chi connectivity index (χ0n) is 23.6. The fourth-order valence-electron chi connectivity index (χ4n) is 7.24. The molecule has 2 aromatic carbocycles. The van der Waals surface area contributed by atoms with Gasteiger partial charge >= 0.3 is 0 Å². The molecule has 7 rings (SSSR count). The van der Waals surface area contributed by atoms with Crippen LogP contribution in [-0.2, 0) is 14.4 Å². The maximum absolute atomic E-state index is 13.5. The molecule has 3 fully saturated rings. The monoisotopic (exact) mass is 553 g/mol. The molecule has 9 heteroatoms. The van der Waals surface area contributed by atoms with E-state index in [4.69, 9.17) is 5.10 Å². The van der Waals surface area contributed by atoms with Gasteiger partial charge in [-0.05, 0) is 60.7 Å². The van der Waals surface area contributed by atoms with Crippen LogP contribution in [0.15, 0.2) is 42.7 Å². The number of nitrogens with zero attached hydrogens (tertiary/aromatic N) is 4. The summed E-state index contributed by atoms with van der Waals surface area (Å²) in [4.78, 5) is 54.4. The molecule has 1 unspecified atom stereocenters. The van der Waals surface area contributed by atoms with Crippen LogP contribution in [0.2, 0.25) is 0 Å². The molecule has 1 saturated carbocycles. The van der Waals surface area contributed by atoms with Crippen molar-refractivity contribution in [2.75, 3.05) is 18.0 Å². The van der Waals surface area contributed by atoms with E-state index in [1.807, 2.05) is 36.5 Å². The highest BCUT2D eigenvalue weighted by molar-refractivity contribution is 6.27. The van der Waals surface area contributed by atoms with Crippen LogP contribution in [-0.4, -0.2) is 57.4 Å². The van der Waals surface area contributed by atoms with Crippen LogP contribution in [0.25, 0.3) is 10.8 Å². The van der Waals surface area contributed by atoms with E-state index >= 15 is 0 Å². The number of benzene rings is 2. The molecule has 9 nitrogen and oxygen atoms in total. The molecule has 2 atom stereocenters. The van der Waals surface area contributed by atoms with Crippen molar-refractivity contribution in [3.63, 3.8) is 0 Å². The predicted molar refractivity (Wildman–Crippen MR) is 153 cm³/mol. The molecular weight excluding hydrogens is 518 g/mol. The van der Waals surface area contributed by atoms with E-state index < -0.39 is 11.9 Å². The van der Waals surface area contributed by atoms with E-state index in [1.165, 1.54) is 0 Å². The van der Waals surface area contributed by atoms with Gasteiger partial charge in [-0.15, -0.1) is 0 Å². The number of hydrogen-bond donors (Lipinski definition) is 1. The van der Waals surface area contributed by atoms with E-state index in [2.05, 4.69) is 34.9 Å². The van der Waals surface area contributed by atoms with Crippen molar-refractivity contribution in [3.05, 3.63) is 59.4 Å². The number of nitrogens with one attached hydrogen (secondary N) is 1. The molecule has 41 heavy (non-hydrogen) atoms. The first kappa shape index (κ1) is 25.9. The lowest BCUT2D eigenvalue weighted by Crippen LogP contribution is -2.53. The van der Waals surface area contributed by atoms with E-state index in [-0.39, 0.29) is 35.6 Å². The van der Waals surface area contributed by atoms with Gasteiger partial charge in [0.05, 0.1) is 17.9 Å². The number of anilines is 1. The van der Waals surface area contributed by atoms with Crippen molar-refractivity contribution in [1.82, 2.24) is 20.0 Å². The number of likely N-dealkylation sites (tertiary alicyclic amines) is 1. The van der Waals surface area contributed by atoms with E-state index in [9.17, 15) is 19.2 Å². The Labute approximate surface area is 238 Å². The van der Waals surface area contributed by atoms with Crippen molar-refractivity contribution < 1.29 is 19.2 Å². The molecule has 3 aliphatic heterocycles. The highest BCUT2D eigenvalue weighted by atomic mass is 16.2. The van der Waals surface area contributed by atoms with E-state index in [0.717, 1.165) is 72.8 Å². The summed E-state index contributed by atoms with van der Waals surface area (Å²) >= 11 is 0. The molecular formula is C32H35N5O4. The highest BCUT2D eigenvalue weighted by Gasteiger charge is 2.43. The van der Waals surface area contributed by atoms with Crippen molar-refractivity contribution in [3.8, 4) is 0 Å². The molecule has 4 heterocycles. The Kier molecular flexibility index (Phi) is 6.03. The van der Waals surface area contributed by atoms with Crippen molar-refractivity contribution in [2.24, 2.45) is 5.41 Å². The smallest absolute Gasteiger partial charge is 0.259 e. The molecule has 0 radical (unpaired) electrons. The van der Waals surface area contributed by atoms with Crippen LogP contribution in [0.4, 0.5) is 5.69 Å². The number of carbonyl (C=O) groups is 4. The van der Waals surface area contributed by atoms with Gasteiger partial charge in [0.1, 0.15) is 6.04 Å². The van der Waals surface area contributed by atoms with Gasteiger partial charge in [0.15, 0.2) is 0 Å². The molecule has 2 saturated heterocycles. The first-order valence-corrected chi connectivity index (χ1v) is 14.8. The van der Waals surface area contributed by atoms with Gasteiger partial charge in [-0.3, -0.25) is 34.1 Å². The minimum absolute atomic E-state index is 0.0352. The lowest BCUT2D eigenvalue weighted by atomic mass is 9.69. The third kappa shape index (κ3) is 4.08. The van der Waals surface area contributed by atoms with Crippen LogP contribution < -0.4 is 10.2 Å². The normalized spacial score (nSPS) is 23.1. The number of amides is 4. The number of imide groups is 1. The second-order valence-corrected chi connectivity index (χ2v) is 12.5. The number of rotatable bonds is 5. The summed E-state index contributed by atoms with van der Waals surface area (Å²) in [6, 6.07) is 9.30. The molecule has 0 spiro atoms. The summed E-state index contributed by atoms with van der Waals surface area (Å²) < 4.78 is 2.06. The average Bonchev–Trinajstić information content (AvgIpc) is 3.56. The quantitative estimate of drug-likeness (QED) is 0.474. The van der Waals surface area contributed by atoms with Gasteiger partial charge in [-0.2, -0.15) is 5.10 Å². The molecule has 212 valence electrons. The predicted octanol–water partition coefficient (Wildman–Crippen LogP) is 4.31. The Morgan fingerprint density at radius 1 is 1.07 bits per heavy atom. The highest BCUT2D eigenvalue weighted by Crippen LogP contribution is 2.44. The summed E-state index contributed by atoms with van der Waals surface area (Å²) in [5.41, 5.74) is 3.35. The van der Waals surface area contributed by atoms with Gasteiger partial charge in [0, 0.05) is 48.0 Å². The topological polar surface area (TPSA) is 105 Å². The Hall–Kier alpha value is -4.01. The summed E-state index contributed by atoms with van der Waals surface area (Å²) in [6.07, 6.45) is 9.56. The van der Waals surface area contributed by atoms with Gasteiger partial charge < -0.3 is 4.90 Å². The summed E-state index contributed by atoms with van der Waals surface area (Å²) in [6.45, 7) is 5.81. The summed E-state index contributed by atoms with van der Waals surface area (Å²) in [7, 11) is 0. The molecule has 1 N–H and O–H groups in total. The van der Waals surface area contributed by atoms with Crippen LogP contribution in [0.3, 0.4) is 0 Å². The largest absolute Gasteiger partial charge is 0.342 e. The van der Waals surface area contributed by atoms with Crippen LogP contribution in [0.1, 0.15) is 92.2 Å². The maximum Gasteiger partial charge on any atom is 0.259 e. The number of carbonyl (C=O) groups excluding carboxylic acids is 4. The fraction of sp³-hybridized carbons (Fsp3) is 0.469. The molecule has 4 amide bonds. The zero-order chi connectivity index (χ0) is 28.5. The standard InChI is InChI=1S/C32H35N5O4/c1-19(20-17-33-36(18-20)21-11-15-35(16-12-21)31(41)32(2)13-4-14-32)22-7-8-25-28-23(22)5-3-6-24(28)30(40)37(25)26-9-10-27(38)34-29(26)39/h3,5-8,17-19,21,26H,4,9-16H2,1-2H3,(H,34,38,39)/t19-,26?/m0/s1. The van der Waals surface area contributed by atoms with Crippen LogP contribution in [0.5, 0.6) is 0 Å². The Morgan fingerprint density at radius 3 is 2.56 bits per heavy atom. The van der Waals surface area contributed by atoms with Crippen molar-refractivity contribution in [1.29, 1.82) is 0 Å². The second kappa shape index (κ2) is 9.53. The molecule has 3 aromatic rings. The Morgan fingerprint density at radius 2 is 1.85 bits per heavy atom. The van der Waals surface area contributed by atoms with Gasteiger partial charge in [0.25, 0.3) is 5.91 Å². The lowest BCUT2D eigenvalue weighted by Gasteiger charge is -2.43. The number of aromatic nitrogens is 2. The average molecular weight is 554 g/mol. The van der Waals surface area contributed by atoms with Crippen molar-refractivity contribution >= 4 is 40.1 Å². The van der Waals surface area contributed by atoms with E-state index in [0.29, 0.717) is 17.9 Å². The van der Waals surface area contributed by atoms with Gasteiger partial charge in [-0.25, -0.2) is 0 Å². The maximum atomic E-state index is 13.5. The van der Waals surface area contributed by atoms with Gasteiger partial charge in [0.2, 0.25) is 17.7 Å². The summed E-state index contributed by atoms with van der Waals surface area (Å²) in [5, 5.41) is 8.97. The number of piperidine rings is 2. The minimum Gasteiger partial charge on any atom is -0.342 e. The molecule has 4 aliphatic rings. The van der Waals surface area contributed by atoms with E-state index in [1.54, 1.807) is 4.90 Å². The first-order valence-electron chi connectivity index (χ1n) is 14.8. The number of hydrogen-bond acceptors (Lipinski definition) is 5. The van der Waals surface area contributed by atoms with Crippen LogP contribution >= 0.6 is 0 Å². The Balaban J connectivity index is 1.12. The van der Waals surface area contributed by atoms with Crippen LogP contribution in [0, 0.1) is 5.41 Å². The van der Waals surface area contributed by atoms with Crippen molar-refractivity contribution in [2.45, 2.75) is 76.8 Å². The third-order valence-corrected chi connectivity index (χ3v) is 9.97. The fourth-order valence-corrected chi connectivity index (χ4v) is 7.24. The minimum atomic E-state index is -0.699. The molecule has 0 bridgehead atoms. The summed E-state index contributed by atoms with van der Waals surface area (Å²) in [5.74, 6) is -0.569. The second-order valence-electron chi connectivity index (χ2n) is 12.5.